The van der Waals surface area contributed by atoms with Gasteiger partial charge in [-0.3, -0.25) is 0 Å². The molecule has 1 aromatic heterocycles. The van der Waals surface area contributed by atoms with Crippen molar-refractivity contribution in [2.75, 3.05) is 0 Å². The van der Waals surface area contributed by atoms with Crippen LogP contribution in [0.5, 0.6) is 0 Å². The number of hydrogen-bond acceptors (Lipinski definition) is 2. The van der Waals surface area contributed by atoms with E-state index in [0.29, 0.717) is 5.92 Å². The number of halogens is 1. The minimum atomic E-state index is -0.186. The van der Waals surface area contributed by atoms with Crippen LogP contribution in [-0.2, 0) is 0 Å². The minimum absolute atomic E-state index is 0.0699. The Kier molecular flexibility index (Phi) is 3.26. The molecule has 3 heteroatoms. The topological polar surface area (TPSA) is 26.0 Å². The molecule has 0 aliphatic heterocycles. The molecular formula is C13H16FNS. The van der Waals surface area contributed by atoms with Crippen molar-refractivity contribution in [3.05, 3.63) is 35.0 Å². The predicted octanol–water partition coefficient (Wildman–Crippen LogP) is 4.09. The van der Waals surface area contributed by atoms with Crippen LogP contribution in [0.4, 0.5) is 4.39 Å². The molecule has 0 aliphatic rings. The summed E-state index contributed by atoms with van der Waals surface area (Å²) in [4.78, 5) is 1.15. The van der Waals surface area contributed by atoms with Crippen molar-refractivity contribution >= 4 is 21.4 Å². The van der Waals surface area contributed by atoms with Crippen molar-refractivity contribution in [1.29, 1.82) is 0 Å². The normalized spacial score (nSPS) is 13.6. The smallest absolute Gasteiger partial charge is 0.123 e. The average Bonchev–Trinajstić information content (AvgIpc) is 2.59. The maximum atomic E-state index is 13.0. The average molecular weight is 237 g/mol. The third kappa shape index (κ3) is 2.42. The van der Waals surface area contributed by atoms with Gasteiger partial charge in [0.05, 0.1) is 0 Å². The zero-order valence-corrected chi connectivity index (χ0v) is 10.4. The summed E-state index contributed by atoms with van der Waals surface area (Å²) >= 11 is 1.66. The van der Waals surface area contributed by atoms with Crippen LogP contribution in [0.25, 0.3) is 10.1 Å². The van der Waals surface area contributed by atoms with Crippen molar-refractivity contribution in [2.24, 2.45) is 11.7 Å². The largest absolute Gasteiger partial charge is 0.323 e. The highest BCUT2D eigenvalue weighted by molar-refractivity contribution is 7.19. The maximum absolute atomic E-state index is 13.0. The van der Waals surface area contributed by atoms with E-state index in [-0.39, 0.29) is 11.9 Å². The van der Waals surface area contributed by atoms with Crippen LogP contribution >= 0.6 is 11.3 Å². The summed E-state index contributed by atoms with van der Waals surface area (Å²) in [6.45, 7) is 4.32. The van der Waals surface area contributed by atoms with E-state index < -0.39 is 0 Å². The molecule has 0 aliphatic carbocycles. The van der Waals surface area contributed by atoms with Gasteiger partial charge in [0.15, 0.2) is 0 Å². The van der Waals surface area contributed by atoms with Crippen LogP contribution in [-0.4, -0.2) is 0 Å². The number of rotatable bonds is 3. The highest BCUT2D eigenvalue weighted by Gasteiger charge is 2.11. The second kappa shape index (κ2) is 4.52. The Morgan fingerprint density at radius 2 is 2.06 bits per heavy atom. The summed E-state index contributed by atoms with van der Waals surface area (Å²) in [5.41, 5.74) is 6.11. The first-order valence-electron chi connectivity index (χ1n) is 5.51. The summed E-state index contributed by atoms with van der Waals surface area (Å²) < 4.78 is 14.1. The Morgan fingerprint density at radius 1 is 1.31 bits per heavy atom. The van der Waals surface area contributed by atoms with Crippen molar-refractivity contribution in [2.45, 2.75) is 26.3 Å². The van der Waals surface area contributed by atoms with E-state index in [2.05, 4.69) is 13.8 Å². The molecule has 0 spiro atoms. The molecule has 86 valence electrons. The quantitative estimate of drug-likeness (QED) is 0.855. The molecule has 1 unspecified atom stereocenters. The highest BCUT2D eigenvalue weighted by atomic mass is 32.1. The Bertz CT molecular complexity index is 490. The van der Waals surface area contributed by atoms with E-state index in [0.717, 1.165) is 21.4 Å². The van der Waals surface area contributed by atoms with Crippen molar-refractivity contribution in [3.63, 3.8) is 0 Å². The molecule has 1 aromatic carbocycles. The summed E-state index contributed by atoms with van der Waals surface area (Å²) in [5.74, 6) is 0.395. The fraction of sp³-hybridized carbons (Fsp3) is 0.385. The van der Waals surface area contributed by atoms with Gasteiger partial charge < -0.3 is 5.73 Å². The van der Waals surface area contributed by atoms with Gasteiger partial charge in [0.2, 0.25) is 0 Å². The first kappa shape index (κ1) is 11.6. The number of hydrogen-bond donors (Lipinski definition) is 1. The first-order chi connectivity index (χ1) is 7.56. The standard InChI is InChI=1S/C13H16FNS/c1-8(2)5-11(15)13-7-9-6-10(14)3-4-12(9)16-13/h3-4,6-8,11H,5,15H2,1-2H3. The van der Waals surface area contributed by atoms with Crippen LogP contribution in [0.3, 0.4) is 0 Å². The van der Waals surface area contributed by atoms with Gasteiger partial charge in [-0.15, -0.1) is 11.3 Å². The Balaban J connectivity index is 2.32. The van der Waals surface area contributed by atoms with Crippen molar-refractivity contribution < 1.29 is 4.39 Å². The third-order valence-corrected chi connectivity index (χ3v) is 3.84. The van der Waals surface area contributed by atoms with Gasteiger partial charge in [-0.25, -0.2) is 4.39 Å². The van der Waals surface area contributed by atoms with Gasteiger partial charge >= 0.3 is 0 Å². The van der Waals surface area contributed by atoms with E-state index in [4.69, 9.17) is 5.73 Å². The molecule has 0 fully saturated rings. The lowest BCUT2D eigenvalue weighted by Gasteiger charge is -2.11. The van der Waals surface area contributed by atoms with Crippen LogP contribution in [0.15, 0.2) is 24.3 Å². The molecule has 0 amide bonds. The van der Waals surface area contributed by atoms with Crippen LogP contribution in [0, 0.1) is 11.7 Å². The second-order valence-corrected chi connectivity index (χ2v) is 5.68. The van der Waals surface area contributed by atoms with Gasteiger partial charge in [-0.1, -0.05) is 13.8 Å². The zero-order chi connectivity index (χ0) is 11.7. The van der Waals surface area contributed by atoms with Crippen LogP contribution in [0.1, 0.15) is 31.2 Å². The fourth-order valence-electron chi connectivity index (χ4n) is 1.84. The molecule has 0 saturated carbocycles. The predicted molar refractivity (Wildman–Crippen MR) is 68.2 cm³/mol. The molecule has 1 nitrogen and oxygen atoms in total. The molecule has 2 N–H and O–H groups in total. The van der Waals surface area contributed by atoms with Gasteiger partial charge in [0.1, 0.15) is 5.82 Å². The monoisotopic (exact) mass is 237 g/mol. The Labute approximate surface area is 99.1 Å². The zero-order valence-electron chi connectivity index (χ0n) is 9.53. The molecule has 2 rings (SSSR count). The summed E-state index contributed by atoms with van der Waals surface area (Å²) in [6, 6.07) is 6.96. The van der Waals surface area contributed by atoms with Gasteiger partial charge in [0.25, 0.3) is 0 Å². The van der Waals surface area contributed by atoms with E-state index in [1.807, 2.05) is 12.1 Å². The first-order valence-corrected chi connectivity index (χ1v) is 6.32. The van der Waals surface area contributed by atoms with E-state index in [1.165, 1.54) is 6.07 Å². The third-order valence-electron chi connectivity index (χ3n) is 2.59. The summed E-state index contributed by atoms with van der Waals surface area (Å²) in [7, 11) is 0. The Morgan fingerprint density at radius 3 is 2.75 bits per heavy atom. The molecule has 0 bridgehead atoms. The summed E-state index contributed by atoms with van der Waals surface area (Å²) in [5, 5.41) is 0.958. The van der Waals surface area contributed by atoms with Gasteiger partial charge in [0, 0.05) is 15.6 Å². The molecule has 0 radical (unpaired) electrons. The van der Waals surface area contributed by atoms with Crippen LogP contribution in [0.2, 0.25) is 0 Å². The maximum Gasteiger partial charge on any atom is 0.123 e. The highest BCUT2D eigenvalue weighted by Crippen LogP contribution is 2.31. The van der Waals surface area contributed by atoms with Crippen molar-refractivity contribution in [1.82, 2.24) is 0 Å². The van der Waals surface area contributed by atoms with E-state index in [9.17, 15) is 4.39 Å². The fourth-order valence-corrected chi connectivity index (χ4v) is 2.90. The molecule has 1 heterocycles. The lowest BCUT2D eigenvalue weighted by atomic mass is 10.0. The van der Waals surface area contributed by atoms with E-state index >= 15 is 0 Å². The number of benzene rings is 1. The Hall–Kier alpha value is -0.930. The van der Waals surface area contributed by atoms with Crippen molar-refractivity contribution in [3.8, 4) is 0 Å². The lowest BCUT2D eigenvalue weighted by molar-refractivity contribution is 0.515. The number of nitrogens with two attached hydrogens (primary N) is 1. The molecule has 2 aromatic rings. The van der Waals surface area contributed by atoms with Crippen LogP contribution < -0.4 is 5.73 Å². The van der Waals surface area contributed by atoms with E-state index in [1.54, 1.807) is 17.4 Å². The SMILES string of the molecule is CC(C)CC(N)c1cc2cc(F)ccc2s1. The minimum Gasteiger partial charge on any atom is -0.323 e. The number of fused-ring (bicyclic) bond motifs is 1. The van der Waals surface area contributed by atoms with Gasteiger partial charge in [-0.2, -0.15) is 0 Å². The molecule has 16 heavy (non-hydrogen) atoms. The number of thiophene rings is 1. The second-order valence-electron chi connectivity index (χ2n) is 4.57. The lowest BCUT2D eigenvalue weighted by Crippen LogP contribution is -2.11. The molecular weight excluding hydrogens is 221 g/mol. The molecule has 0 saturated heterocycles. The summed E-state index contributed by atoms with van der Waals surface area (Å²) in [6.07, 6.45) is 0.968. The molecule has 1 atom stereocenters. The van der Waals surface area contributed by atoms with Gasteiger partial charge in [-0.05, 0) is 42.0 Å².